The minimum Gasteiger partial charge on any atom is -0.283 e. The number of rotatable bonds is 3. The topological polar surface area (TPSA) is 353 Å². The maximum Gasteiger partial charge on any atom is 3.00 e. The third-order valence-electron chi connectivity index (χ3n) is 5.15. The van der Waals surface area contributed by atoms with E-state index in [0.29, 0.717) is 0 Å². The Morgan fingerprint density at radius 3 is 0.827 bits per heavy atom. The minimum atomic E-state index is -4.94. The first-order chi connectivity index (χ1) is 23.9. The molecule has 4 aromatic rings. The summed E-state index contributed by atoms with van der Waals surface area (Å²) in [6.07, 6.45) is 17.6. The van der Waals surface area contributed by atoms with Crippen LogP contribution in [0.2, 0.25) is 0 Å². The summed E-state index contributed by atoms with van der Waals surface area (Å²) in [7, 11) is -14.8. The van der Waals surface area contributed by atoms with Gasteiger partial charge < -0.3 is 0 Å². The SMILES string of the molecule is C1=CC(c2ccccn2)=NCC1.C1=CC(c2ccccn2)=NCC1.[Cr+3].[O-][Cl+3]([O-])([O-])[O-].[O-][Cl+3]([O-])([O-])[O-].[O-][Cl+3]([O-])([O-])[O-].c1ccc(-c2ccccn2)nc1. The van der Waals surface area contributed by atoms with Crippen molar-refractivity contribution in [1.82, 2.24) is 19.9 Å². The number of hydrogen-bond donors (Lipinski definition) is 0. The van der Waals surface area contributed by atoms with Crippen LogP contribution in [0.25, 0.3) is 11.4 Å². The average Bonchev–Trinajstić information content (AvgIpc) is 3.09. The Balaban J connectivity index is 0.000000627. The number of aromatic nitrogens is 4. The van der Waals surface area contributed by atoms with Crippen molar-refractivity contribution < 1.29 is 104 Å². The zero-order chi connectivity index (χ0) is 38.2. The van der Waals surface area contributed by atoms with E-state index in [4.69, 9.17) is 55.9 Å². The van der Waals surface area contributed by atoms with E-state index in [2.05, 4.69) is 42.1 Å². The molecule has 0 fully saturated rings. The fraction of sp³-hybridized carbons (Fsp3) is 0.133. The second-order valence-corrected chi connectivity index (χ2v) is 11.2. The molecule has 0 aromatic carbocycles. The van der Waals surface area contributed by atoms with Gasteiger partial charge in [-0.25, -0.2) is 55.9 Å². The molecule has 0 saturated heterocycles. The summed E-state index contributed by atoms with van der Waals surface area (Å²) in [5, 5.41) is 0. The summed E-state index contributed by atoms with van der Waals surface area (Å²) in [6, 6.07) is 23.3. The molecule has 22 heteroatoms. The average molecular weight is 823 g/mol. The van der Waals surface area contributed by atoms with Gasteiger partial charge in [-0.1, -0.05) is 36.4 Å². The normalized spacial score (nSPS) is 13.0. The summed E-state index contributed by atoms with van der Waals surface area (Å²) >= 11 is 0. The maximum absolute atomic E-state index is 8.49. The molecule has 18 nitrogen and oxygen atoms in total. The van der Waals surface area contributed by atoms with Crippen LogP contribution >= 0.6 is 0 Å². The van der Waals surface area contributed by atoms with Gasteiger partial charge in [-0.15, -0.1) is 30.7 Å². The molecule has 1 radical (unpaired) electrons. The molecular weight excluding hydrogens is 795 g/mol. The predicted octanol–water partition coefficient (Wildman–Crippen LogP) is -8.47. The van der Waals surface area contributed by atoms with Crippen molar-refractivity contribution in [3.8, 4) is 11.4 Å². The smallest absolute Gasteiger partial charge is 0.283 e. The number of aliphatic imine (C=N–C) groups is 2. The quantitative estimate of drug-likeness (QED) is 0.185. The molecule has 0 aliphatic carbocycles. The number of allylic oxidation sites excluding steroid dienone is 2. The molecule has 2 aliphatic heterocycles. The maximum atomic E-state index is 8.49. The third-order valence-corrected chi connectivity index (χ3v) is 5.15. The van der Waals surface area contributed by atoms with E-state index in [9.17, 15) is 0 Å². The first-order valence-electron chi connectivity index (χ1n) is 13.8. The number of dihydropyridines is 2. The molecule has 0 amide bonds. The number of nitrogens with zero attached hydrogens (tertiary/aromatic N) is 6. The summed E-state index contributed by atoms with van der Waals surface area (Å²) in [6.45, 7) is 1.78. The Morgan fingerprint density at radius 1 is 0.385 bits per heavy atom. The van der Waals surface area contributed by atoms with Crippen LogP contribution in [0.5, 0.6) is 0 Å². The Bertz CT molecular complexity index is 1480. The van der Waals surface area contributed by atoms with E-state index in [-0.39, 0.29) is 17.4 Å². The second kappa shape index (κ2) is 26.2. The molecule has 0 N–H and O–H groups in total. The molecule has 6 rings (SSSR count). The van der Waals surface area contributed by atoms with E-state index in [1.807, 2.05) is 84.9 Å². The first-order valence-corrected chi connectivity index (χ1v) is 17.5. The molecule has 4 aromatic heterocycles. The molecule has 0 atom stereocenters. The minimum absolute atomic E-state index is 0. The van der Waals surface area contributed by atoms with Crippen molar-refractivity contribution in [2.75, 3.05) is 13.1 Å². The molecular formula is C30H28Cl3CrN6O12. The summed E-state index contributed by atoms with van der Waals surface area (Å²) in [4.78, 5) is 25.5. The Morgan fingerprint density at radius 2 is 0.635 bits per heavy atom. The van der Waals surface area contributed by atoms with E-state index in [0.717, 1.165) is 60.1 Å². The zero-order valence-electron chi connectivity index (χ0n) is 26.5. The van der Waals surface area contributed by atoms with Crippen LogP contribution < -0.4 is 55.9 Å². The molecule has 0 unspecified atom stereocenters. The first kappa shape index (κ1) is 48.3. The van der Waals surface area contributed by atoms with Gasteiger partial charge in [0.25, 0.3) is 0 Å². The van der Waals surface area contributed by atoms with Crippen LogP contribution in [0.1, 0.15) is 24.2 Å². The van der Waals surface area contributed by atoms with Crippen molar-refractivity contribution in [3.63, 3.8) is 0 Å². The van der Waals surface area contributed by atoms with Gasteiger partial charge in [-0.3, -0.25) is 29.9 Å². The van der Waals surface area contributed by atoms with Crippen molar-refractivity contribution in [2.45, 2.75) is 12.8 Å². The number of hydrogen-bond acceptors (Lipinski definition) is 18. The van der Waals surface area contributed by atoms with Gasteiger partial charge in [0, 0.05) is 37.9 Å². The fourth-order valence-electron chi connectivity index (χ4n) is 3.40. The Hall–Kier alpha value is -3.66. The Labute approximate surface area is 314 Å². The van der Waals surface area contributed by atoms with Crippen molar-refractivity contribution in [3.05, 3.63) is 133 Å². The van der Waals surface area contributed by atoms with Crippen LogP contribution in [-0.4, -0.2) is 44.4 Å². The monoisotopic (exact) mass is 821 g/mol. The van der Waals surface area contributed by atoms with Gasteiger partial charge in [0.2, 0.25) is 0 Å². The summed E-state index contributed by atoms with van der Waals surface area (Å²) < 4.78 is 102. The van der Waals surface area contributed by atoms with Crippen LogP contribution in [0.4, 0.5) is 0 Å². The van der Waals surface area contributed by atoms with E-state index >= 15 is 0 Å². The summed E-state index contributed by atoms with van der Waals surface area (Å²) in [5.74, 6) is 0. The van der Waals surface area contributed by atoms with Crippen LogP contribution in [0, 0.1) is 30.7 Å². The van der Waals surface area contributed by atoms with E-state index < -0.39 is 30.7 Å². The number of pyridine rings is 4. The molecule has 0 saturated carbocycles. The predicted molar refractivity (Wildman–Crippen MR) is 146 cm³/mol. The Kier molecular flexibility index (Phi) is 24.3. The standard InChI is InChI=1S/2C10H10N2.C10H8N2.3ClHO4.Cr/c3*1-3-7-11-9(5-1)10-6-2-4-8-12-10;3*2-1(3,4)5;/h2*1-3,5-7H,4,8H2;1-8H;3*(H,2,3,4,5);/q;;;;;;+3/p-3. The number of halogens is 3. The molecule has 2 aliphatic rings. The van der Waals surface area contributed by atoms with Gasteiger partial charge in [-0.05, 0) is 73.5 Å². The van der Waals surface area contributed by atoms with E-state index in [1.165, 1.54) is 0 Å². The largest absolute Gasteiger partial charge is 3.00 e. The van der Waals surface area contributed by atoms with E-state index in [1.54, 1.807) is 24.8 Å². The van der Waals surface area contributed by atoms with Gasteiger partial charge in [0.15, 0.2) is 0 Å². The molecule has 0 bridgehead atoms. The fourth-order valence-corrected chi connectivity index (χ4v) is 3.40. The van der Waals surface area contributed by atoms with Crippen LogP contribution in [0.3, 0.4) is 0 Å². The van der Waals surface area contributed by atoms with Gasteiger partial charge in [0.1, 0.15) is 0 Å². The van der Waals surface area contributed by atoms with Gasteiger partial charge in [0.05, 0.1) is 34.2 Å². The second-order valence-electron chi connectivity index (χ2n) is 8.91. The molecule has 277 valence electrons. The summed E-state index contributed by atoms with van der Waals surface area (Å²) in [5.41, 5.74) is 5.77. The molecule has 52 heavy (non-hydrogen) atoms. The molecule has 6 heterocycles. The van der Waals surface area contributed by atoms with Gasteiger partial charge in [-0.2, -0.15) is 0 Å². The van der Waals surface area contributed by atoms with Crippen LogP contribution in [0.15, 0.2) is 132 Å². The zero-order valence-corrected chi connectivity index (χ0v) is 30.0. The van der Waals surface area contributed by atoms with Crippen molar-refractivity contribution >= 4 is 11.4 Å². The van der Waals surface area contributed by atoms with Crippen molar-refractivity contribution in [2.24, 2.45) is 9.98 Å². The van der Waals surface area contributed by atoms with Gasteiger partial charge >= 0.3 is 17.4 Å². The molecule has 0 spiro atoms. The third kappa shape index (κ3) is 30.0. The van der Waals surface area contributed by atoms with Crippen LogP contribution in [-0.2, 0) is 17.4 Å². The van der Waals surface area contributed by atoms with Crippen molar-refractivity contribution in [1.29, 1.82) is 0 Å².